The van der Waals surface area contributed by atoms with Crippen molar-refractivity contribution < 1.29 is 14.3 Å². The number of aliphatic hydroxyl groups is 1. The standard InChI is InChI=1S/C10H15NO3/c1-7(12)4-9-5-11-10(14-9)8-2-3-13-6-8/h5,7-8,12H,2-4,6H2,1H3. The van der Waals surface area contributed by atoms with Crippen LogP contribution in [0.15, 0.2) is 10.6 Å². The van der Waals surface area contributed by atoms with Gasteiger partial charge in [0.2, 0.25) is 0 Å². The van der Waals surface area contributed by atoms with Gasteiger partial charge in [-0.2, -0.15) is 0 Å². The quantitative estimate of drug-likeness (QED) is 0.788. The molecule has 1 aliphatic rings. The van der Waals surface area contributed by atoms with E-state index < -0.39 is 0 Å². The lowest BCUT2D eigenvalue weighted by Crippen LogP contribution is -2.03. The molecule has 78 valence electrons. The molecule has 1 fully saturated rings. The Kier molecular flexibility index (Phi) is 2.84. The lowest BCUT2D eigenvalue weighted by molar-refractivity contribution is 0.182. The van der Waals surface area contributed by atoms with E-state index in [9.17, 15) is 0 Å². The average molecular weight is 197 g/mol. The Morgan fingerprint density at radius 1 is 1.71 bits per heavy atom. The van der Waals surface area contributed by atoms with Gasteiger partial charge in [-0.05, 0) is 13.3 Å². The monoisotopic (exact) mass is 197 g/mol. The van der Waals surface area contributed by atoms with Gasteiger partial charge in [-0.3, -0.25) is 0 Å². The first-order valence-electron chi connectivity index (χ1n) is 4.96. The zero-order chi connectivity index (χ0) is 9.97. The van der Waals surface area contributed by atoms with Gasteiger partial charge in [0.1, 0.15) is 5.76 Å². The Bertz CT molecular complexity index is 289. The van der Waals surface area contributed by atoms with E-state index in [1.165, 1.54) is 0 Å². The van der Waals surface area contributed by atoms with Crippen LogP contribution in [-0.4, -0.2) is 29.4 Å². The van der Waals surface area contributed by atoms with Crippen molar-refractivity contribution in [3.05, 3.63) is 17.8 Å². The van der Waals surface area contributed by atoms with Crippen molar-refractivity contribution in [1.82, 2.24) is 4.98 Å². The maximum Gasteiger partial charge on any atom is 0.199 e. The number of hydrogen-bond acceptors (Lipinski definition) is 4. The van der Waals surface area contributed by atoms with Gasteiger partial charge in [-0.25, -0.2) is 4.98 Å². The fraction of sp³-hybridized carbons (Fsp3) is 0.700. The lowest BCUT2D eigenvalue weighted by Gasteiger charge is -2.01. The third-order valence-electron chi connectivity index (χ3n) is 2.35. The number of rotatable bonds is 3. The Morgan fingerprint density at radius 2 is 2.57 bits per heavy atom. The molecule has 14 heavy (non-hydrogen) atoms. The van der Waals surface area contributed by atoms with Crippen molar-refractivity contribution in [2.24, 2.45) is 0 Å². The molecule has 4 nitrogen and oxygen atoms in total. The van der Waals surface area contributed by atoms with E-state index in [1.54, 1.807) is 13.1 Å². The topological polar surface area (TPSA) is 55.5 Å². The number of ether oxygens (including phenoxy) is 1. The van der Waals surface area contributed by atoms with Gasteiger partial charge >= 0.3 is 0 Å². The molecule has 1 aromatic heterocycles. The van der Waals surface area contributed by atoms with Gasteiger partial charge < -0.3 is 14.3 Å². The number of hydrogen-bond donors (Lipinski definition) is 1. The van der Waals surface area contributed by atoms with Gasteiger partial charge in [-0.15, -0.1) is 0 Å². The van der Waals surface area contributed by atoms with Gasteiger partial charge in [0, 0.05) is 13.0 Å². The van der Waals surface area contributed by atoms with E-state index in [-0.39, 0.29) is 6.10 Å². The highest BCUT2D eigenvalue weighted by Gasteiger charge is 2.22. The number of nitrogens with zero attached hydrogens (tertiary/aromatic N) is 1. The molecule has 0 bridgehead atoms. The van der Waals surface area contributed by atoms with Crippen molar-refractivity contribution in [1.29, 1.82) is 0 Å². The molecule has 0 spiro atoms. The second-order valence-corrected chi connectivity index (χ2v) is 3.78. The lowest BCUT2D eigenvalue weighted by atomic mass is 10.1. The summed E-state index contributed by atoms with van der Waals surface area (Å²) in [7, 11) is 0. The van der Waals surface area contributed by atoms with E-state index in [2.05, 4.69) is 4.98 Å². The Labute approximate surface area is 82.9 Å². The molecule has 1 saturated heterocycles. The molecule has 0 radical (unpaired) electrons. The maximum absolute atomic E-state index is 9.17. The van der Waals surface area contributed by atoms with Crippen LogP contribution in [0.25, 0.3) is 0 Å². The van der Waals surface area contributed by atoms with Crippen molar-refractivity contribution in [2.45, 2.75) is 31.8 Å². The van der Waals surface area contributed by atoms with Crippen LogP contribution in [0.2, 0.25) is 0 Å². The summed E-state index contributed by atoms with van der Waals surface area (Å²) in [6, 6.07) is 0. The smallest absolute Gasteiger partial charge is 0.199 e. The van der Waals surface area contributed by atoms with E-state index in [0.29, 0.717) is 18.9 Å². The van der Waals surface area contributed by atoms with E-state index >= 15 is 0 Å². The fourth-order valence-electron chi connectivity index (χ4n) is 1.63. The summed E-state index contributed by atoms with van der Waals surface area (Å²) in [5, 5.41) is 9.17. The van der Waals surface area contributed by atoms with Crippen molar-refractivity contribution in [3.63, 3.8) is 0 Å². The molecule has 0 aromatic carbocycles. The molecule has 2 rings (SSSR count). The third kappa shape index (κ3) is 2.13. The number of aromatic nitrogens is 1. The molecule has 1 aliphatic heterocycles. The minimum absolute atomic E-state index is 0.303. The number of oxazole rings is 1. The predicted octanol–water partition coefficient (Wildman–Crippen LogP) is 1.10. The van der Waals surface area contributed by atoms with Gasteiger partial charge in [-0.1, -0.05) is 0 Å². The van der Waals surface area contributed by atoms with Crippen LogP contribution in [0.5, 0.6) is 0 Å². The first-order valence-corrected chi connectivity index (χ1v) is 4.96. The highest BCUT2D eigenvalue weighted by Crippen LogP contribution is 2.24. The SMILES string of the molecule is CC(O)Cc1cnc(C2CCOC2)o1. The average Bonchev–Trinajstić information content (AvgIpc) is 2.69. The van der Waals surface area contributed by atoms with E-state index in [0.717, 1.165) is 24.7 Å². The van der Waals surface area contributed by atoms with Crippen molar-refractivity contribution in [3.8, 4) is 0 Å². The number of aliphatic hydroxyl groups excluding tert-OH is 1. The maximum atomic E-state index is 9.17. The second kappa shape index (κ2) is 4.11. The summed E-state index contributed by atoms with van der Waals surface area (Å²) in [5.41, 5.74) is 0. The third-order valence-corrected chi connectivity index (χ3v) is 2.35. The summed E-state index contributed by atoms with van der Waals surface area (Å²) < 4.78 is 10.8. The molecule has 1 aromatic rings. The van der Waals surface area contributed by atoms with Gasteiger partial charge in [0.25, 0.3) is 0 Å². The molecule has 0 amide bonds. The first kappa shape index (κ1) is 9.68. The highest BCUT2D eigenvalue weighted by atomic mass is 16.5. The van der Waals surface area contributed by atoms with Gasteiger partial charge in [0.05, 0.1) is 24.8 Å². The normalized spacial score (nSPS) is 24.0. The van der Waals surface area contributed by atoms with Crippen LogP contribution in [0.3, 0.4) is 0 Å². The van der Waals surface area contributed by atoms with Crippen LogP contribution in [0.4, 0.5) is 0 Å². The summed E-state index contributed by atoms with van der Waals surface area (Å²) in [5.74, 6) is 1.80. The summed E-state index contributed by atoms with van der Waals surface area (Å²) in [6.07, 6.45) is 2.82. The Balaban J connectivity index is 2.01. The molecule has 2 atom stereocenters. The minimum Gasteiger partial charge on any atom is -0.445 e. The second-order valence-electron chi connectivity index (χ2n) is 3.78. The molecule has 1 N–H and O–H groups in total. The highest BCUT2D eigenvalue weighted by molar-refractivity contribution is 5.01. The summed E-state index contributed by atoms with van der Waals surface area (Å²) in [4.78, 5) is 4.19. The first-order chi connectivity index (χ1) is 6.75. The molecule has 2 heterocycles. The molecule has 0 saturated carbocycles. The zero-order valence-electron chi connectivity index (χ0n) is 8.27. The largest absolute Gasteiger partial charge is 0.445 e. The van der Waals surface area contributed by atoms with Crippen molar-refractivity contribution in [2.75, 3.05) is 13.2 Å². The molecule has 0 aliphatic carbocycles. The van der Waals surface area contributed by atoms with Crippen LogP contribution in [0, 0.1) is 0 Å². The summed E-state index contributed by atoms with van der Waals surface area (Å²) >= 11 is 0. The van der Waals surface area contributed by atoms with Crippen LogP contribution in [0.1, 0.15) is 30.9 Å². The molecular weight excluding hydrogens is 182 g/mol. The van der Waals surface area contributed by atoms with E-state index in [1.807, 2.05) is 0 Å². The minimum atomic E-state index is -0.379. The van der Waals surface area contributed by atoms with E-state index in [4.69, 9.17) is 14.3 Å². The molecular formula is C10H15NO3. The Hall–Kier alpha value is -0.870. The molecule has 2 unspecified atom stereocenters. The van der Waals surface area contributed by atoms with Gasteiger partial charge in [0.15, 0.2) is 5.89 Å². The summed E-state index contributed by atoms with van der Waals surface area (Å²) in [6.45, 7) is 3.23. The van der Waals surface area contributed by atoms with Crippen LogP contribution in [-0.2, 0) is 11.2 Å². The van der Waals surface area contributed by atoms with Crippen LogP contribution < -0.4 is 0 Å². The fourth-order valence-corrected chi connectivity index (χ4v) is 1.63. The van der Waals surface area contributed by atoms with Crippen LogP contribution >= 0.6 is 0 Å². The predicted molar refractivity (Wildman–Crippen MR) is 50.1 cm³/mol. The van der Waals surface area contributed by atoms with Crippen molar-refractivity contribution >= 4 is 0 Å². The molecule has 4 heteroatoms. The Morgan fingerprint density at radius 3 is 3.21 bits per heavy atom. The zero-order valence-corrected chi connectivity index (χ0v) is 8.27.